The minimum atomic E-state index is -0.500. The molecule has 0 bridgehead atoms. The molecule has 1 saturated heterocycles. The Hall–Kier alpha value is 0.270. The summed E-state index contributed by atoms with van der Waals surface area (Å²) in [7, 11) is 0. The van der Waals surface area contributed by atoms with Gasteiger partial charge in [0.15, 0.2) is 0 Å². The van der Waals surface area contributed by atoms with Gasteiger partial charge in [-0.3, -0.25) is 0 Å². The summed E-state index contributed by atoms with van der Waals surface area (Å²) in [6, 6.07) is 0. The van der Waals surface area contributed by atoms with Gasteiger partial charge in [0, 0.05) is 11.0 Å². The van der Waals surface area contributed by atoms with Crippen molar-refractivity contribution in [2.75, 3.05) is 5.75 Å². The van der Waals surface area contributed by atoms with E-state index in [1.165, 1.54) is 0 Å². The van der Waals surface area contributed by atoms with Gasteiger partial charge in [0.05, 0.1) is 12.2 Å². The van der Waals surface area contributed by atoms with Gasteiger partial charge >= 0.3 is 0 Å². The van der Waals surface area contributed by atoms with Crippen molar-refractivity contribution in [2.45, 2.75) is 24.4 Å². The number of hydrogen-bond donors (Lipinski definition) is 2. The largest absolute Gasteiger partial charge is 0.390 e. The molecule has 48 valence electrons. The van der Waals surface area contributed by atoms with Crippen molar-refractivity contribution in [2.24, 2.45) is 0 Å². The summed E-state index contributed by atoms with van der Waals surface area (Å²) < 4.78 is 0. The Morgan fingerprint density at radius 2 is 2.12 bits per heavy atom. The quantitative estimate of drug-likeness (QED) is 0.484. The Bertz CT molecular complexity index is 76.5. The first-order valence-electron chi connectivity index (χ1n) is 2.69. The van der Waals surface area contributed by atoms with Crippen molar-refractivity contribution >= 4 is 11.8 Å². The van der Waals surface area contributed by atoms with E-state index in [0.717, 1.165) is 0 Å². The second-order valence-electron chi connectivity index (χ2n) is 2.10. The van der Waals surface area contributed by atoms with Crippen molar-refractivity contribution in [3.8, 4) is 0 Å². The minimum absolute atomic E-state index is 0.213. The second-order valence-corrected chi connectivity index (χ2v) is 3.51. The number of rotatable bonds is 0. The highest BCUT2D eigenvalue weighted by molar-refractivity contribution is 8.00. The molecule has 1 heterocycles. The summed E-state index contributed by atoms with van der Waals surface area (Å²) in [5.74, 6) is 0.683. The molecular formula is C5H10O2S. The Morgan fingerprint density at radius 1 is 1.50 bits per heavy atom. The van der Waals surface area contributed by atoms with E-state index in [1.54, 1.807) is 11.8 Å². The van der Waals surface area contributed by atoms with E-state index in [0.29, 0.717) is 5.75 Å². The standard InChI is InChI=1S/C5H10O2S/c1-3-5(7)4(6)2-8-3/h3-7H,2H2,1H3/t3-,4+,5?/m1/s1. The molecule has 0 spiro atoms. The monoisotopic (exact) mass is 134 g/mol. The van der Waals surface area contributed by atoms with Gasteiger partial charge in [-0.05, 0) is 0 Å². The average molecular weight is 134 g/mol. The Balaban J connectivity index is 2.44. The maximum Gasteiger partial charge on any atom is 0.0922 e. The van der Waals surface area contributed by atoms with Crippen LogP contribution in [0.25, 0.3) is 0 Å². The van der Waals surface area contributed by atoms with Crippen LogP contribution in [0, 0.1) is 0 Å². The maximum atomic E-state index is 9.00. The fourth-order valence-corrected chi connectivity index (χ4v) is 1.84. The molecule has 0 aliphatic carbocycles. The molecule has 0 radical (unpaired) electrons. The molecule has 1 aliphatic rings. The third-order valence-electron chi connectivity index (χ3n) is 1.41. The van der Waals surface area contributed by atoms with Crippen LogP contribution in [0.5, 0.6) is 0 Å². The molecule has 8 heavy (non-hydrogen) atoms. The van der Waals surface area contributed by atoms with Crippen LogP contribution in [0.1, 0.15) is 6.92 Å². The van der Waals surface area contributed by atoms with Gasteiger partial charge in [-0.2, -0.15) is 11.8 Å². The van der Waals surface area contributed by atoms with Gasteiger partial charge in [0.1, 0.15) is 0 Å². The third-order valence-corrected chi connectivity index (χ3v) is 2.74. The molecule has 0 aromatic heterocycles. The number of aliphatic hydroxyl groups is 2. The molecule has 3 atom stereocenters. The molecule has 1 fully saturated rings. The summed E-state index contributed by atoms with van der Waals surface area (Å²) in [5, 5.41) is 18.1. The molecule has 1 unspecified atom stereocenters. The van der Waals surface area contributed by atoms with E-state index in [4.69, 9.17) is 10.2 Å². The molecule has 2 N–H and O–H groups in total. The lowest BCUT2D eigenvalue weighted by atomic mass is 10.2. The average Bonchev–Trinajstić information content (AvgIpc) is 1.98. The van der Waals surface area contributed by atoms with Gasteiger partial charge in [-0.1, -0.05) is 6.92 Å². The first kappa shape index (κ1) is 6.39. The third kappa shape index (κ3) is 0.989. The topological polar surface area (TPSA) is 40.5 Å². The van der Waals surface area contributed by atoms with E-state index in [2.05, 4.69) is 0 Å². The van der Waals surface area contributed by atoms with Gasteiger partial charge in [-0.25, -0.2) is 0 Å². The predicted molar refractivity (Wildman–Crippen MR) is 33.9 cm³/mol. The molecule has 0 amide bonds. The fourth-order valence-electron chi connectivity index (χ4n) is 0.760. The number of aliphatic hydroxyl groups excluding tert-OH is 2. The molecule has 1 aliphatic heterocycles. The molecule has 0 aromatic rings. The Morgan fingerprint density at radius 3 is 2.25 bits per heavy atom. The van der Waals surface area contributed by atoms with Gasteiger partial charge in [0.2, 0.25) is 0 Å². The van der Waals surface area contributed by atoms with Crippen LogP contribution in [0.3, 0.4) is 0 Å². The van der Waals surface area contributed by atoms with Crippen LogP contribution < -0.4 is 0 Å². The zero-order valence-electron chi connectivity index (χ0n) is 4.74. The van der Waals surface area contributed by atoms with Crippen molar-refractivity contribution in [3.05, 3.63) is 0 Å². The van der Waals surface area contributed by atoms with Crippen molar-refractivity contribution in [3.63, 3.8) is 0 Å². The lowest BCUT2D eigenvalue weighted by Gasteiger charge is -2.08. The van der Waals surface area contributed by atoms with Crippen LogP contribution in [0.2, 0.25) is 0 Å². The summed E-state index contributed by atoms with van der Waals surface area (Å²) in [6.07, 6.45) is -0.991. The smallest absolute Gasteiger partial charge is 0.0922 e. The van der Waals surface area contributed by atoms with Crippen LogP contribution in [-0.4, -0.2) is 33.4 Å². The van der Waals surface area contributed by atoms with Gasteiger partial charge in [0.25, 0.3) is 0 Å². The Kier molecular flexibility index (Phi) is 1.80. The fraction of sp³-hybridized carbons (Fsp3) is 1.00. The molecule has 1 rings (SSSR count). The van der Waals surface area contributed by atoms with E-state index in [1.807, 2.05) is 6.92 Å². The maximum absolute atomic E-state index is 9.00. The zero-order valence-corrected chi connectivity index (χ0v) is 5.56. The SMILES string of the molecule is C[C@H]1SC[C@H](O)C1O. The van der Waals surface area contributed by atoms with Crippen LogP contribution in [0.15, 0.2) is 0 Å². The van der Waals surface area contributed by atoms with Gasteiger partial charge in [-0.15, -0.1) is 0 Å². The normalized spacial score (nSPS) is 47.6. The lowest BCUT2D eigenvalue weighted by Crippen LogP contribution is -2.27. The Labute approximate surface area is 52.9 Å². The first-order valence-corrected chi connectivity index (χ1v) is 3.74. The number of thioether (sulfide) groups is 1. The van der Waals surface area contributed by atoms with Gasteiger partial charge < -0.3 is 10.2 Å². The van der Waals surface area contributed by atoms with Crippen LogP contribution in [0.4, 0.5) is 0 Å². The van der Waals surface area contributed by atoms with Crippen molar-refractivity contribution in [1.82, 2.24) is 0 Å². The van der Waals surface area contributed by atoms with E-state index in [-0.39, 0.29) is 5.25 Å². The molecular weight excluding hydrogens is 124 g/mol. The predicted octanol–water partition coefficient (Wildman–Crippen LogP) is -0.157. The summed E-state index contributed by atoms with van der Waals surface area (Å²) in [6.45, 7) is 1.92. The van der Waals surface area contributed by atoms with E-state index >= 15 is 0 Å². The highest BCUT2D eigenvalue weighted by Crippen LogP contribution is 2.25. The number of hydrogen-bond acceptors (Lipinski definition) is 3. The lowest BCUT2D eigenvalue weighted by molar-refractivity contribution is 0.0445. The minimum Gasteiger partial charge on any atom is -0.390 e. The molecule has 2 nitrogen and oxygen atoms in total. The highest BCUT2D eigenvalue weighted by atomic mass is 32.2. The highest BCUT2D eigenvalue weighted by Gasteiger charge is 2.30. The summed E-state index contributed by atoms with van der Waals surface area (Å²) in [5.41, 5.74) is 0. The first-order chi connectivity index (χ1) is 3.72. The molecule has 3 heteroatoms. The summed E-state index contributed by atoms with van der Waals surface area (Å²) >= 11 is 1.61. The van der Waals surface area contributed by atoms with Crippen LogP contribution >= 0.6 is 11.8 Å². The summed E-state index contributed by atoms with van der Waals surface area (Å²) in [4.78, 5) is 0. The zero-order chi connectivity index (χ0) is 6.15. The van der Waals surface area contributed by atoms with Crippen molar-refractivity contribution < 1.29 is 10.2 Å². The molecule has 0 saturated carbocycles. The van der Waals surface area contributed by atoms with Crippen LogP contribution in [-0.2, 0) is 0 Å². The van der Waals surface area contributed by atoms with E-state index < -0.39 is 12.2 Å². The second kappa shape index (κ2) is 2.25. The van der Waals surface area contributed by atoms with E-state index in [9.17, 15) is 0 Å². The molecule has 0 aromatic carbocycles. The van der Waals surface area contributed by atoms with Crippen molar-refractivity contribution in [1.29, 1.82) is 0 Å².